The fourth-order valence-corrected chi connectivity index (χ4v) is 2.24. The molecule has 0 aromatic heterocycles. The lowest BCUT2D eigenvalue weighted by Crippen LogP contribution is -1.95. The van der Waals surface area contributed by atoms with Crippen LogP contribution in [0.3, 0.4) is 0 Å². The maximum Gasteiger partial charge on any atom is 0.339 e. The van der Waals surface area contributed by atoms with E-state index in [1.165, 1.54) is 0 Å². The molecule has 1 aliphatic rings. The predicted octanol–water partition coefficient (Wildman–Crippen LogP) is 3.92. The molecule has 0 radical (unpaired) electrons. The fraction of sp³-hybridized carbons (Fsp3) is 0.118. The Kier molecular flexibility index (Phi) is 2.92. The molecule has 2 heteroatoms. The molecule has 0 spiro atoms. The van der Waals surface area contributed by atoms with Gasteiger partial charge in [0, 0.05) is 5.56 Å². The number of benzene rings is 2. The van der Waals surface area contributed by atoms with Crippen molar-refractivity contribution in [2.75, 3.05) is 0 Å². The minimum Gasteiger partial charge on any atom is -0.450 e. The Labute approximate surface area is 112 Å². The number of esters is 1. The number of carbonyl (C=O) groups excluding carboxylic acids is 1. The average molecular weight is 250 g/mol. The number of cyclic esters (lactones) is 1. The molecule has 2 aromatic carbocycles. The summed E-state index contributed by atoms with van der Waals surface area (Å²) in [6.07, 6.45) is 3.63. The van der Waals surface area contributed by atoms with Crippen LogP contribution in [0.2, 0.25) is 0 Å². The van der Waals surface area contributed by atoms with Gasteiger partial charge >= 0.3 is 5.97 Å². The van der Waals surface area contributed by atoms with Gasteiger partial charge in [0.1, 0.15) is 6.10 Å². The quantitative estimate of drug-likeness (QED) is 0.755. The second-order valence-corrected chi connectivity index (χ2v) is 4.69. The zero-order chi connectivity index (χ0) is 13.2. The van der Waals surface area contributed by atoms with E-state index in [1.54, 1.807) is 0 Å². The summed E-state index contributed by atoms with van der Waals surface area (Å²) in [5.41, 5.74) is 3.80. The normalized spacial score (nSPS) is 17.5. The first-order chi connectivity index (χ1) is 9.24. The molecule has 1 atom stereocenters. The van der Waals surface area contributed by atoms with Gasteiger partial charge in [-0.25, -0.2) is 4.79 Å². The minimum absolute atomic E-state index is 0.235. The zero-order valence-electron chi connectivity index (χ0n) is 10.7. The van der Waals surface area contributed by atoms with Crippen LogP contribution in [0.15, 0.2) is 54.6 Å². The highest BCUT2D eigenvalue weighted by molar-refractivity contribution is 5.94. The fourth-order valence-electron chi connectivity index (χ4n) is 2.24. The van der Waals surface area contributed by atoms with Crippen LogP contribution in [-0.2, 0) is 4.74 Å². The molecule has 1 aliphatic heterocycles. The lowest BCUT2D eigenvalue weighted by Gasteiger charge is -2.04. The lowest BCUT2D eigenvalue weighted by atomic mass is 10.0. The van der Waals surface area contributed by atoms with E-state index in [-0.39, 0.29) is 12.1 Å². The molecule has 0 saturated heterocycles. The zero-order valence-corrected chi connectivity index (χ0v) is 10.7. The van der Waals surface area contributed by atoms with Gasteiger partial charge in [-0.1, -0.05) is 54.1 Å². The summed E-state index contributed by atoms with van der Waals surface area (Å²) >= 11 is 0. The third-order valence-corrected chi connectivity index (χ3v) is 3.23. The van der Waals surface area contributed by atoms with E-state index in [1.807, 2.05) is 67.6 Å². The summed E-state index contributed by atoms with van der Waals surface area (Å²) in [6.45, 7) is 1.97. The molecule has 0 bridgehead atoms. The van der Waals surface area contributed by atoms with Crippen LogP contribution in [0, 0.1) is 6.92 Å². The first-order valence-corrected chi connectivity index (χ1v) is 6.29. The minimum atomic E-state index is -0.275. The molecule has 0 saturated carbocycles. The molecule has 1 heterocycles. The monoisotopic (exact) mass is 250 g/mol. The molecule has 0 fully saturated rings. The number of aryl methyl sites for hydroxylation is 1. The third kappa shape index (κ3) is 2.29. The van der Waals surface area contributed by atoms with E-state index in [4.69, 9.17) is 4.74 Å². The van der Waals surface area contributed by atoms with Crippen molar-refractivity contribution >= 4 is 12.0 Å². The highest BCUT2D eigenvalue weighted by atomic mass is 16.5. The number of hydrogen-bond donors (Lipinski definition) is 0. The van der Waals surface area contributed by atoms with E-state index in [2.05, 4.69) is 0 Å². The maximum absolute atomic E-state index is 11.8. The molecule has 3 rings (SSSR count). The highest BCUT2D eigenvalue weighted by Crippen LogP contribution is 2.32. The van der Waals surface area contributed by atoms with Crippen molar-refractivity contribution in [3.8, 4) is 0 Å². The first kappa shape index (κ1) is 11.7. The van der Waals surface area contributed by atoms with Gasteiger partial charge in [-0.15, -0.1) is 0 Å². The average Bonchev–Trinajstić information content (AvgIpc) is 2.74. The third-order valence-electron chi connectivity index (χ3n) is 3.23. The summed E-state index contributed by atoms with van der Waals surface area (Å²) in [4.78, 5) is 11.8. The van der Waals surface area contributed by atoms with Crippen molar-refractivity contribution in [2.45, 2.75) is 13.0 Å². The Hall–Kier alpha value is -2.35. The van der Waals surface area contributed by atoms with Crippen LogP contribution in [0.4, 0.5) is 0 Å². The van der Waals surface area contributed by atoms with Crippen molar-refractivity contribution in [3.05, 3.63) is 76.9 Å². The summed E-state index contributed by atoms with van der Waals surface area (Å²) in [6, 6.07) is 15.8. The van der Waals surface area contributed by atoms with Crippen LogP contribution in [-0.4, -0.2) is 5.97 Å². The Morgan fingerprint density at radius 1 is 1.11 bits per heavy atom. The maximum atomic E-state index is 11.8. The molecule has 0 amide bonds. The number of fused-ring (bicyclic) bond motifs is 1. The topological polar surface area (TPSA) is 26.3 Å². The Morgan fingerprint density at radius 2 is 1.89 bits per heavy atom. The highest BCUT2D eigenvalue weighted by Gasteiger charge is 2.28. The van der Waals surface area contributed by atoms with Gasteiger partial charge in [-0.2, -0.15) is 0 Å². The van der Waals surface area contributed by atoms with Crippen LogP contribution in [0.1, 0.15) is 33.2 Å². The second kappa shape index (κ2) is 4.73. The van der Waals surface area contributed by atoms with Gasteiger partial charge in [0.15, 0.2) is 0 Å². The van der Waals surface area contributed by atoms with Crippen molar-refractivity contribution in [3.63, 3.8) is 0 Å². The molecular formula is C17H14O2. The molecular weight excluding hydrogens is 236 g/mol. The van der Waals surface area contributed by atoms with Crippen molar-refractivity contribution in [1.82, 2.24) is 0 Å². The Balaban J connectivity index is 1.89. The molecule has 1 unspecified atom stereocenters. The van der Waals surface area contributed by atoms with Gasteiger partial charge in [-0.05, 0) is 24.6 Å². The molecule has 19 heavy (non-hydrogen) atoms. The van der Waals surface area contributed by atoms with Crippen molar-refractivity contribution < 1.29 is 9.53 Å². The van der Waals surface area contributed by atoms with Gasteiger partial charge < -0.3 is 4.74 Å². The number of hydrogen-bond acceptors (Lipinski definition) is 2. The van der Waals surface area contributed by atoms with Crippen LogP contribution in [0.5, 0.6) is 0 Å². The Morgan fingerprint density at radius 3 is 2.68 bits per heavy atom. The first-order valence-electron chi connectivity index (χ1n) is 6.29. The van der Waals surface area contributed by atoms with E-state index in [0.717, 1.165) is 16.7 Å². The summed E-state index contributed by atoms with van der Waals surface area (Å²) in [7, 11) is 0. The Bertz CT molecular complexity index is 642. The number of rotatable bonds is 2. The predicted molar refractivity (Wildman–Crippen MR) is 74.8 cm³/mol. The number of ether oxygens (including phenoxy) is 1. The lowest BCUT2D eigenvalue weighted by molar-refractivity contribution is 0.0468. The van der Waals surface area contributed by atoms with E-state index in [9.17, 15) is 4.79 Å². The van der Waals surface area contributed by atoms with Gasteiger partial charge in [0.05, 0.1) is 5.56 Å². The SMILES string of the molecule is Cc1ccc2c(c1)C(=O)OC2/C=C/c1ccccc1. The van der Waals surface area contributed by atoms with Crippen LogP contribution >= 0.6 is 0 Å². The molecule has 2 nitrogen and oxygen atoms in total. The van der Waals surface area contributed by atoms with Gasteiger partial charge in [-0.3, -0.25) is 0 Å². The molecule has 0 N–H and O–H groups in total. The summed E-state index contributed by atoms with van der Waals surface area (Å²) in [5, 5.41) is 0. The molecule has 2 aromatic rings. The van der Waals surface area contributed by atoms with Crippen LogP contribution in [0.25, 0.3) is 6.08 Å². The summed E-state index contributed by atoms with van der Waals surface area (Å²) < 4.78 is 5.38. The second-order valence-electron chi connectivity index (χ2n) is 4.69. The van der Waals surface area contributed by atoms with Gasteiger partial charge in [0.25, 0.3) is 0 Å². The molecule has 94 valence electrons. The van der Waals surface area contributed by atoms with Gasteiger partial charge in [0.2, 0.25) is 0 Å². The van der Waals surface area contributed by atoms with Crippen molar-refractivity contribution in [2.24, 2.45) is 0 Å². The van der Waals surface area contributed by atoms with E-state index in [0.29, 0.717) is 5.56 Å². The van der Waals surface area contributed by atoms with Crippen LogP contribution < -0.4 is 0 Å². The molecule has 0 aliphatic carbocycles. The summed E-state index contributed by atoms with van der Waals surface area (Å²) in [5.74, 6) is -0.235. The van der Waals surface area contributed by atoms with Crippen molar-refractivity contribution in [1.29, 1.82) is 0 Å². The van der Waals surface area contributed by atoms with E-state index >= 15 is 0 Å². The largest absolute Gasteiger partial charge is 0.450 e. The van der Waals surface area contributed by atoms with E-state index < -0.39 is 0 Å². The number of carbonyl (C=O) groups is 1. The standard InChI is InChI=1S/C17H14O2/c1-12-7-9-14-15(11-12)17(18)19-16(14)10-8-13-5-3-2-4-6-13/h2-11,16H,1H3/b10-8+. The smallest absolute Gasteiger partial charge is 0.339 e.